The molecule has 270 valence electrons. The third kappa shape index (κ3) is 4.41. The van der Waals surface area contributed by atoms with Crippen molar-refractivity contribution in [3.05, 3.63) is 176 Å². The van der Waals surface area contributed by atoms with Gasteiger partial charge < -0.3 is 13.4 Å². The van der Waals surface area contributed by atoms with Crippen LogP contribution in [0.4, 0.5) is 0 Å². The fourth-order valence-electron chi connectivity index (χ4n) is 9.02. The maximum absolute atomic E-state index is 6.52. The van der Waals surface area contributed by atoms with Crippen molar-refractivity contribution in [2.45, 2.75) is 0 Å². The number of nitrogens with zero attached hydrogens (tertiary/aromatic N) is 5. The normalized spacial score (nSPS) is 12.1. The van der Waals surface area contributed by atoms with Crippen molar-refractivity contribution in [1.82, 2.24) is 24.1 Å². The molecule has 7 nitrogen and oxygen atoms in total. The average Bonchev–Trinajstić information content (AvgIpc) is 4.03. The number of hydrogen-bond donors (Lipinski definition) is 0. The predicted molar refractivity (Wildman–Crippen MR) is 234 cm³/mol. The summed E-state index contributed by atoms with van der Waals surface area (Å²) in [5.41, 5.74) is 10.2. The molecule has 0 saturated carbocycles. The summed E-state index contributed by atoms with van der Waals surface area (Å²) in [6, 6.07) is 60.9. The van der Waals surface area contributed by atoms with Crippen molar-refractivity contribution in [3.8, 4) is 34.4 Å². The molecule has 0 fully saturated rings. The number of hydrogen-bond acceptors (Lipinski definition) is 5. The summed E-state index contributed by atoms with van der Waals surface area (Å²) in [6.07, 6.45) is 0. The lowest BCUT2D eigenvalue weighted by Gasteiger charge is -2.11. The lowest BCUT2D eigenvalue weighted by Crippen LogP contribution is -2.06. The Balaban J connectivity index is 1.06. The second-order valence-electron chi connectivity index (χ2n) is 14.8. The topological polar surface area (TPSA) is 74.8 Å². The van der Waals surface area contributed by atoms with Crippen LogP contribution in [0.2, 0.25) is 0 Å². The largest absolute Gasteiger partial charge is 0.456 e. The van der Waals surface area contributed by atoms with Crippen LogP contribution in [0.5, 0.6) is 0 Å². The van der Waals surface area contributed by atoms with E-state index >= 15 is 0 Å². The van der Waals surface area contributed by atoms with Crippen LogP contribution in [0.15, 0.2) is 185 Å². The lowest BCUT2D eigenvalue weighted by molar-refractivity contribution is 0.669. The summed E-state index contributed by atoms with van der Waals surface area (Å²) >= 11 is 0. The maximum atomic E-state index is 6.52. The highest BCUT2D eigenvalue weighted by Gasteiger charge is 2.21. The second-order valence-corrected chi connectivity index (χ2v) is 14.8. The van der Waals surface area contributed by atoms with Gasteiger partial charge in [0.2, 0.25) is 5.95 Å². The minimum atomic E-state index is 0.524. The molecule has 0 aliphatic rings. The summed E-state index contributed by atoms with van der Waals surface area (Å²) in [5.74, 6) is 1.60. The van der Waals surface area contributed by atoms with Gasteiger partial charge in [0.05, 0.1) is 27.6 Å². The highest BCUT2D eigenvalue weighted by atomic mass is 16.3. The Labute approximate surface area is 329 Å². The van der Waals surface area contributed by atoms with E-state index < -0.39 is 0 Å². The Morgan fingerprint density at radius 3 is 1.53 bits per heavy atom. The van der Waals surface area contributed by atoms with Crippen molar-refractivity contribution in [2.75, 3.05) is 0 Å². The van der Waals surface area contributed by atoms with E-state index in [0.717, 1.165) is 93.5 Å². The Morgan fingerprint density at radius 1 is 0.345 bits per heavy atom. The first-order chi connectivity index (χ1) is 28.7. The highest BCUT2D eigenvalue weighted by Crippen LogP contribution is 2.39. The van der Waals surface area contributed by atoms with E-state index in [4.69, 9.17) is 23.8 Å². The first kappa shape index (κ1) is 31.2. The van der Waals surface area contributed by atoms with Gasteiger partial charge in [-0.15, -0.1) is 0 Å². The van der Waals surface area contributed by atoms with Crippen LogP contribution in [0.25, 0.3) is 122 Å². The van der Waals surface area contributed by atoms with Crippen LogP contribution in [0, 0.1) is 0 Å². The van der Waals surface area contributed by atoms with Gasteiger partial charge in [0.25, 0.3) is 0 Å². The van der Waals surface area contributed by atoms with Gasteiger partial charge >= 0.3 is 0 Å². The standard InChI is InChI=1S/C51H29N5O2/c1-6-19-41-32(12-1)33-13-2-7-20-42(33)55(41)31-25-27-47-40(29-31)39-28-30(24-26-46(39)57-47)49-52-50(38-18-11-17-37-36-16-5-10-23-45(36)58-48(37)38)54-51(53-49)56-43-21-8-3-14-34(43)35-15-4-9-22-44(35)56/h1-29H. The van der Waals surface area contributed by atoms with E-state index in [0.29, 0.717) is 17.6 Å². The molecule has 0 amide bonds. The van der Waals surface area contributed by atoms with Crippen molar-refractivity contribution < 1.29 is 8.83 Å². The third-order valence-electron chi connectivity index (χ3n) is 11.6. The minimum absolute atomic E-state index is 0.524. The van der Waals surface area contributed by atoms with Gasteiger partial charge in [-0.05, 0) is 72.8 Å². The summed E-state index contributed by atoms with van der Waals surface area (Å²) < 4.78 is 17.5. The Bertz CT molecular complexity index is 3720. The summed E-state index contributed by atoms with van der Waals surface area (Å²) in [4.78, 5) is 15.7. The fraction of sp³-hybridized carbons (Fsp3) is 0. The highest BCUT2D eigenvalue weighted by molar-refractivity contribution is 6.12. The molecule has 0 aliphatic heterocycles. The number of furan rings is 2. The van der Waals surface area contributed by atoms with Gasteiger partial charge in [0.15, 0.2) is 11.6 Å². The summed E-state index contributed by atoms with van der Waals surface area (Å²) in [5, 5.41) is 8.77. The van der Waals surface area contributed by atoms with Crippen LogP contribution in [-0.4, -0.2) is 24.1 Å². The second kappa shape index (κ2) is 11.7. The minimum Gasteiger partial charge on any atom is -0.456 e. The molecule has 0 aliphatic carbocycles. The van der Waals surface area contributed by atoms with Gasteiger partial charge in [-0.1, -0.05) is 103 Å². The van der Waals surface area contributed by atoms with Crippen LogP contribution < -0.4 is 0 Å². The van der Waals surface area contributed by atoms with Crippen LogP contribution in [0.3, 0.4) is 0 Å². The lowest BCUT2D eigenvalue weighted by atomic mass is 10.1. The zero-order valence-corrected chi connectivity index (χ0v) is 30.8. The van der Waals surface area contributed by atoms with Gasteiger partial charge in [-0.2, -0.15) is 9.97 Å². The maximum Gasteiger partial charge on any atom is 0.238 e. The van der Waals surface area contributed by atoms with Crippen LogP contribution >= 0.6 is 0 Å². The molecule has 5 aromatic heterocycles. The first-order valence-electron chi connectivity index (χ1n) is 19.4. The van der Waals surface area contributed by atoms with E-state index in [1.54, 1.807) is 0 Å². The molecule has 0 atom stereocenters. The molecule has 13 rings (SSSR count). The Kier molecular flexibility index (Phi) is 6.32. The molecule has 0 radical (unpaired) electrons. The van der Waals surface area contributed by atoms with E-state index in [2.05, 4.69) is 143 Å². The summed E-state index contributed by atoms with van der Waals surface area (Å²) in [7, 11) is 0. The van der Waals surface area contributed by atoms with Gasteiger partial charge in [-0.25, -0.2) is 4.98 Å². The monoisotopic (exact) mass is 743 g/mol. The number of aromatic nitrogens is 5. The number of para-hydroxylation sites is 6. The van der Waals surface area contributed by atoms with E-state index in [1.165, 1.54) is 10.8 Å². The quantitative estimate of drug-likeness (QED) is 0.179. The van der Waals surface area contributed by atoms with Gasteiger partial charge in [-0.3, -0.25) is 4.57 Å². The molecule has 0 N–H and O–H groups in total. The average molecular weight is 744 g/mol. The molecule has 0 spiro atoms. The van der Waals surface area contributed by atoms with E-state index in [9.17, 15) is 0 Å². The van der Waals surface area contributed by atoms with E-state index in [1.807, 2.05) is 42.5 Å². The van der Waals surface area contributed by atoms with E-state index in [-0.39, 0.29) is 0 Å². The number of rotatable bonds is 4. The number of fused-ring (bicyclic) bond motifs is 12. The zero-order chi connectivity index (χ0) is 37.9. The molecule has 5 heterocycles. The van der Waals surface area contributed by atoms with Crippen LogP contribution in [0.1, 0.15) is 0 Å². The van der Waals surface area contributed by atoms with Crippen LogP contribution in [-0.2, 0) is 0 Å². The molecule has 0 unspecified atom stereocenters. The molecule has 8 aromatic carbocycles. The SMILES string of the molecule is c1ccc2c(c1)oc1c(-c3nc(-c4ccc5oc6ccc(-n7c8ccccc8c8ccccc87)cc6c5c4)nc(-n4c5ccccc5c5ccccc54)n3)cccc12. The predicted octanol–water partition coefficient (Wildman–Crippen LogP) is 13.2. The number of benzene rings is 8. The summed E-state index contributed by atoms with van der Waals surface area (Å²) in [6.45, 7) is 0. The fourth-order valence-corrected chi connectivity index (χ4v) is 9.02. The smallest absolute Gasteiger partial charge is 0.238 e. The molecule has 7 heteroatoms. The molecule has 13 aromatic rings. The third-order valence-corrected chi connectivity index (χ3v) is 11.6. The molecular formula is C51H29N5O2. The molecular weight excluding hydrogens is 715 g/mol. The van der Waals surface area contributed by atoms with Gasteiger partial charge in [0, 0.05) is 54.3 Å². The molecule has 0 bridgehead atoms. The Hall–Kier alpha value is -8.03. The van der Waals surface area contributed by atoms with Crippen molar-refractivity contribution >= 4 is 87.5 Å². The van der Waals surface area contributed by atoms with Crippen molar-refractivity contribution in [2.24, 2.45) is 0 Å². The zero-order valence-electron chi connectivity index (χ0n) is 30.8. The van der Waals surface area contributed by atoms with Gasteiger partial charge in [0.1, 0.15) is 22.3 Å². The van der Waals surface area contributed by atoms with Crippen molar-refractivity contribution in [3.63, 3.8) is 0 Å². The molecule has 0 saturated heterocycles. The Morgan fingerprint density at radius 2 is 0.862 bits per heavy atom. The molecule has 58 heavy (non-hydrogen) atoms. The first-order valence-corrected chi connectivity index (χ1v) is 19.4. The van der Waals surface area contributed by atoms with Crippen molar-refractivity contribution in [1.29, 1.82) is 0 Å².